The fraction of sp³-hybridized carbons (Fsp3) is 0.241. The number of pyridine rings is 1. The molecule has 9 rings (SSSR count). The number of rotatable bonds is 16. The molecule has 7 nitrogen and oxygen atoms in total. The number of nitrogens with two attached hydrogens (primary N) is 1. The lowest BCUT2D eigenvalue weighted by molar-refractivity contribution is 0.228. The molecule has 328 valence electrons. The minimum Gasteiger partial charge on any atom is -0.485 e. The van der Waals surface area contributed by atoms with Crippen molar-refractivity contribution in [3.05, 3.63) is 203 Å². The lowest BCUT2D eigenvalue weighted by Crippen LogP contribution is -2.37. The number of fused-ring (bicyclic) bond motifs is 3. The molecule has 0 bridgehead atoms. The van der Waals surface area contributed by atoms with Gasteiger partial charge >= 0.3 is 0 Å². The van der Waals surface area contributed by atoms with Gasteiger partial charge in [0.25, 0.3) is 0 Å². The molecule has 0 spiro atoms. The summed E-state index contributed by atoms with van der Waals surface area (Å²) in [6, 6.07) is 45.0. The number of aryl methyl sites for hydroxylation is 2. The van der Waals surface area contributed by atoms with Crippen molar-refractivity contribution in [1.29, 1.82) is 0 Å². The zero-order valence-electron chi connectivity index (χ0n) is 37.9. The summed E-state index contributed by atoms with van der Waals surface area (Å²) in [7, 11) is 0. The number of benzene rings is 5. The number of allylic oxidation sites excluding steroid dienone is 2. The molecule has 5 aromatic carbocycles. The number of oxazole rings is 1. The van der Waals surface area contributed by atoms with Gasteiger partial charge in [-0.2, -0.15) is 0 Å². The molecule has 65 heavy (non-hydrogen) atoms. The number of ether oxygens (including phenoxy) is 2. The molecule has 1 aliphatic carbocycles. The zero-order valence-corrected chi connectivity index (χ0v) is 37.9. The first-order chi connectivity index (χ1) is 31.9. The average molecular weight is 859 g/mol. The Labute approximate surface area is 384 Å². The minimum absolute atomic E-state index is 0.0112. The van der Waals surface area contributed by atoms with Crippen LogP contribution < -0.4 is 20.1 Å². The summed E-state index contributed by atoms with van der Waals surface area (Å²) in [5, 5.41) is 0. The molecule has 3 heterocycles. The first kappa shape index (κ1) is 43.1. The number of aromatic nitrogens is 2. The van der Waals surface area contributed by atoms with Gasteiger partial charge < -0.3 is 24.5 Å². The van der Waals surface area contributed by atoms with Gasteiger partial charge in [-0.1, -0.05) is 92.7 Å². The number of nitrogen functional groups attached to an aromatic ring is 1. The molecule has 0 amide bonds. The highest BCUT2D eigenvalue weighted by atomic mass is 16.5. The van der Waals surface area contributed by atoms with Crippen LogP contribution in [0.15, 0.2) is 162 Å². The maximum absolute atomic E-state index is 6.83. The van der Waals surface area contributed by atoms with Gasteiger partial charge in [0.1, 0.15) is 35.2 Å². The summed E-state index contributed by atoms with van der Waals surface area (Å²) in [5.74, 6) is 3.48. The van der Waals surface area contributed by atoms with E-state index in [1.54, 1.807) is 0 Å². The van der Waals surface area contributed by atoms with Gasteiger partial charge in [-0.3, -0.25) is 4.98 Å². The Balaban J connectivity index is 0.908. The smallest absolute Gasteiger partial charge is 0.226 e. The Hall–Kier alpha value is -7.12. The Morgan fingerprint density at radius 3 is 2.28 bits per heavy atom. The first-order valence-corrected chi connectivity index (χ1v) is 23.2. The molecule has 0 radical (unpaired) electrons. The van der Waals surface area contributed by atoms with E-state index in [9.17, 15) is 0 Å². The molecule has 7 heteroatoms. The predicted molar refractivity (Wildman–Crippen MR) is 267 cm³/mol. The van der Waals surface area contributed by atoms with Crippen molar-refractivity contribution in [2.45, 2.75) is 90.4 Å². The fourth-order valence-electron chi connectivity index (χ4n) is 9.44. The Kier molecular flexibility index (Phi) is 13.1. The quantitative estimate of drug-likeness (QED) is 0.0969. The number of para-hydroxylation sites is 3. The molecule has 0 fully saturated rings. The third-order valence-corrected chi connectivity index (χ3v) is 12.9. The van der Waals surface area contributed by atoms with Gasteiger partial charge in [-0.25, -0.2) is 4.98 Å². The van der Waals surface area contributed by atoms with Crippen LogP contribution in [-0.4, -0.2) is 22.1 Å². The van der Waals surface area contributed by atoms with Gasteiger partial charge in [0.05, 0.1) is 5.69 Å². The van der Waals surface area contributed by atoms with Crippen LogP contribution in [0.25, 0.3) is 29.2 Å². The van der Waals surface area contributed by atoms with Gasteiger partial charge in [-0.05, 0) is 152 Å². The summed E-state index contributed by atoms with van der Waals surface area (Å²) in [5.41, 5.74) is 19.7. The summed E-state index contributed by atoms with van der Waals surface area (Å²) in [6.45, 7) is 8.40. The van der Waals surface area contributed by atoms with E-state index in [4.69, 9.17) is 24.6 Å². The maximum atomic E-state index is 6.83. The van der Waals surface area contributed by atoms with Crippen LogP contribution in [0.2, 0.25) is 0 Å². The molecule has 0 saturated carbocycles. The second-order valence-corrected chi connectivity index (χ2v) is 17.0. The lowest BCUT2D eigenvalue weighted by Gasteiger charge is -2.37. The van der Waals surface area contributed by atoms with Crippen molar-refractivity contribution in [2.24, 2.45) is 0 Å². The Bertz CT molecular complexity index is 2790. The number of hydrogen-bond acceptors (Lipinski definition) is 7. The molecule has 0 saturated heterocycles. The fourth-order valence-corrected chi connectivity index (χ4v) is 9.44. The third-order valence-electron chi connectivity index (χ3n) is 12.9. The summed E-state index contributed by atoms with van der Waals surface area (Å²) < 4.78 is 19.2. The number of anilines is 3. The number of hydrogen-bond donors (Lipinski definition) is 1. The molecular formula is C58H58N4O3. The molecule has 2 N–H and O–H groups in total. The van der Waals surface area contributed by atoms with Crippen molar-refractivity contribution in [3.63, 3.8) is 0 Å². The highest BCUT2D eigenvalue weighted by Crippen LogP contribution is 2.46. The van der Waals surface area contributed by atoms with E-state index in [-0.39, 0.29) is 24.2 Å². The molecule has 2 aromatic heterocycles. The Morgan fingerprint density at radius 2 is 1.54 bits per heavy atom. The molecule has 7 aromatic rings. The highest BCUT2D eigenvalue weighted by molar-refractivity contribution is 5.81. The van der Waals surface area contributed by atoms with Crippen LogP contribution in [0.5, 0.6) is 11.5 Å². The van der Waals surface area contributed by atoms with Crippen LogP contribution in [0.4, 0.5) is 17.1 Å². The van der Waals surface area contributed by atoms with Gasteiger partial charge in [0.2, 0.25) is 5.89 Å². The van der Waals surface area contributed by atoms with Crippen molar-refractivity contribution in [1.82, 2.24) is 9.97 Å². The Morgan fingerprint density at radius 1 is 0.815 bits per heavy atom. The highest BCUT2D eigenvalue weighted by Gasteiger charge is 2.37. The summed E-state index contributed by atoms with van der Waals surface area (Å²) in [6.07, 6.45) is 20.1. The second-order valence-electron chi connectivity index (χ2n) is 17.0. The van der Waals surface area contributed by atoms with Crippen molar-refractivity contribution >= 4 is 34.8 Å². The molecular weight excluding hydrogens is 801 g/mol. The monoisotopic (exact) mass is 858 g/mol. The molecule has 1 aliphatic heterocycles. The van der Waals surface area contributed by atoms with Crippen molar-refractivity contribution in [2.75, 3.05) is 10.6 Å². The van der Waals surface area contributed by atoms with Crippen LogP contribution in [-0.2, 0) is 12.8 Å². The van der Waals surface area contributed by atoms with E-state index in [2.05, 4.69) is 152 Å². The van der Waals surface area contributed by atoms with E-state index in [1.807, 2.05) is 55.7 Å². The standard InChI is InChI=1S/C58H58N4O3/c1-5-15-53-54(7-3)65-58(61-53)44-24-22-42(23-25-44)49(43-32-34-60-35-33-43)19-12-11-16-45-36-51-50-31-30-48(38-57(50)64-56(51)37-40(45)6-2)62(46-17-9-8-10-18-46)47-28-26-41(27-29-47)39(4)63-55-21-14-13-20-52(55)59/h5,8-11,13-18,20-29,31-37,39,48-49,57H,6-7,12,19,30,38,59H2,1-4H3/b15-5-,16-11-. The van der Waals surface area contributed by atoms with Crippen LogP contribution in [0.3, 0.4) is 0 Å². The third kappa shape index (κ3) is 9.42. The first-order valence-electron chi connectivity index (χ1n) is 23.2. The van der Waals surface area contributed by atoms with E-state index in [0.29, 0.717) is 17.3 Å². The van der Waals surface area contributed by atoms with Crippen molar-refractivity contribution < 1.29 is 13.9 Å². The molecule has 4 atom stereocenters. The van der Waals surface area contributed by atoms with Crippen LogP contribution in [0.1, 0.15) is 110 Å². The largest absolute Gasteiger partial charge is 0.485 e. The lowest BCUT2D eigenvalue weighted by atomic mass is 9.86. The van der Waals surface area contributed by atoms with Crippen molar-refractivity contribution in [3.8, 4) is 23.0 Å². The second kappa shape index (κ2) is 19.7. The SMILES string of the molecule is C/C=C\c1nc(-c2ccc(C(CC/C=C\c3cc4c(cc3CC)OC3CC(N(c5ccccc5)c5ccc(C(C)Oc6ccccc6N)cc5)CC=C43)c3ccncc3)cc2)oc1CC. The van der Waals surface area contributed by atoms with Crippen LogP contribution in [0, 0.1) is 0 Å². The predicted octanol–water partition coefficient (Wildman–Crippen LogP) is 14.4. The maximum Gasteiger partial charge on any atom is 0.226 e. The van der Waals surface area contributed by atoms with E-state index in [0.717, 1.165) is 72.5 Å². The number of nitrogens with zero attached hydrogens (tertiary/aromatic N) is 3. The summed E-state index contributed by atoms with van der Waals surface area (Å²) in [4.78, 5) is 11.6. The van der Waals surface area contributed by atoms with Gasteiger partial charge in [-0.15, -0.1) is 0 Å². The molecule has 2 aliphatic rings. The minimum atomic E-state index is -0.150. The van der Waals surface area contributed by atoms with E-state index >= 15 is 0 Å². The molecule has 4 unspecified atom stereocenters. The topological polar surface area (TPSA) is 86.6 Å². The normalized spacial score (nSPS) is 16.5. The van der Waals surface area contributed by atoms with Gasteiger partial charge in [0, 0.05) is 59.7 Å². The van der Waals surface area contributed by atoms with Crippen LogP contribution >= 0.6 is 0 Å². The van der Waals surface area contributed by atoms with Gasteiger partial charge in [0.15, 0.2) is 0 Å². The van der Waals surface area contributed by atoms with E-state index < -0.39 is 0 Å². The zero-order chi connectivity index (χ0) is 44.7. The summed E-state index contributed by atoms with van der Waals surface area (Å²) >= 11 is 0. The average Bonchev–Trinajstić information content (AvgIpc) is 3.93. The van der Waals surface area contributed by atoms with E-state index in [1.165, 1.54) is 39.1 Å².